The number of rotatable bonds is 3. The van der Waals surface area contributed by atoms with E-state index < -0.39 is 0 Å². The number of nitrogens with one attached hydrogen (secondary N) is 1. The van der Waals surface area contributed by atoms with Crippen molar-refractivity contribution in [3.63, 3.8) is 0 Å². The van der Waals surface area contributed by atoms with Crippen LogP contribution in [0, 0.1) is 6.92 Å². The highest BCUT2D eigenvalue weighted by Crippen LogP contribution is 1.97. The van der Waals surface area contributed by atoms with E-state index in [1.807, 2.05) is 13.0 Å². The summed E-state index contributed by atoms with van der Waals surface area (Å²) in [6, 6.07) is 2.56. The quantitative estimate of drug-likeness (QED) is 0.733. The molecule has 12 heavy (non-hydrogen) atoms. The lowest BCUT2D eigenvalue weighted by atomic mass is 10.2. The smallest absolute Gasteiger partial charge is 0.0603 e. The Labute approximate surface area is 73.2 Å². The zero-order valence-electron chi connectivity index (χ0n) is 7.83. The van der Waals surface area contributed by atoms with Gasteiger partial charge < -0.3 is 5.32 Å². The number of hydrogen-bond donors (Lipinski definition) is 1. The van der Waals surface area contributed by atoms with Crippen molar-refractivity contribution in [1.82, 2.24) is 15.5 Å². The summed E-state index contributed by atoms with van der Waals surface area (Å²) in [6.07, 6.45) is 1.79. The van der Waals surface area contributed by atoms with Crippen LogP contribution in [0.15, 0.2) is 12.3 Å². The van der Waals surface area contributed by atoms with Crippen LogP contribution in [-0.4, -0.2) is 16.2 Å². The Kier molecular flexibility index (Phi) is 3.17. The van der Waals surface area contributed by atoms with E-state index in [0.29, 0.717) is 6.04 Å². The first-order chi connectivity index (χ1) is 5.68. The van der Waals surface area contributed by atoms with Gasteiger partial charge in [0.1, 0.15) is 0 Å². The first-order valence-electron chi connectivity index (χ1n) is 4.20. The van der Waals surface area contributed by atoms with Gasteiger partial charge in [-0.15, -0.1) is 0 Å². The van der Waals surface area contributed by atoms with Crippen molar-refractivity contribution in [3.05, 3.63) is 23.5 Å². The molecule has 3 heteroatoms. The lowest BCUT2D eigenvalue weighted by Crippen LogP contribution is -2.21. The molecule has 0 aliphatic rings. The fourth-order valence-electron chi connectivity index (χ4n) is 0.947. The fraction of sp³-hybridized carbons (Fsp3) is 0.556. The SMILES string of the molecule is Cc1cc(CNC(C)C)cnn1. The normalized spacial score (nSPS) is 10.7. The van der Waals surface area contributed by atoms with Gasteiger partial charge in [-0.25, -0.2) is 0 Å². The van der Waals surface area contributed by atoms with E-state index in [4.69, 9.17) is 0 Å². The summed E-state index contributed by atoms with van der Waals surface area (Å²) >= 11 is 0. The molecule has 0 aromatic carbocycles. The second-order valence-corrected chi connectivity index (χ2v) is 3.24. The molecule has 0 bridgehead atoms. The van der Waals surface area contributed by atoms with Crippen molar-refractivity contribution in [1.29, 1.82) is 0 Å². The van der Waals surface area contributed by atoms with Crippen molar-refractivity contribution >= 4 is 0 Å². The number of aryl methyl sites for hydroxylation is 1. The molecule has 0 spiro atoms. The summed E-state index contributed by atoms with van der Waals surface area (Å²) in [4.78, 5) is 0. The lowest BCUT2D eigenvalue weighted by molar-refractivity contribution is 0.586. The second-order valence-electron chi connectivity index (χ2n) is 3.24. The zero-order chi connectivity index (χ0) is 8.97. The van der Waals surface area contributed by atoms with Gasteiger partial charge in [0.2, 0.25) is 0 Å². The van der Waals surface area contributed by atoms with Gasteiger partial charge in [-0.1, -0.05) is 13.8 Å². The van der Waals surface area contributed by atoms with Crippen LogP contribution in [-0.2, 0) is 6.54 Å². The van der Waals surface area contributed by atoms with Crippen LogP contribution in [0.5, 0.6) is 0 Å². The van der Waals surface area contributed by atoms with Gasteiger partial charge in [0.15, 0.2) is 0 Å². The van der Waals surface area contributed by atoms with Gasteiger partial charge in [0.25, 0.3) is 0 Å². The largest absolute Gasteiger partial charge is 0.310 e. The van der Waals surface area contributed by atoms with E-state index in [2.05, 4.69) is 29.4 Å². The molecule has 1 N–H and O–H groups in total. The van der Waals surface area contributed by atoms with Crippen molar-refractivity contribution in [3.8, 4) is 0 Å². The zero-order valence-corrected chi connectivity index (χ0v) is 7.83. The summed E-state index contributed by atoms with van der Waals surface area (Å²) in [6.45, 7) is 7.07. The van der Waals surface area contributed by atoms with E-state index in [-0.39, 0.29) is 0 Å². The minimum atomic E-state index is 0.512. The van der Waals surface area contributed by atoms with Crippen molar-refractivity contribution < 1.29 is 0 Å². The van der Waals surface area contributed by atoms with Crippen molar-refractivity contribution in [2.75, 3.05) is 0 Å². The summed E-state index contributed by atoms with van der Waals surface area (Å²) in [5, 5.41) is 11.1. The number of hydrogen-bond acceptors (Lipinski definition) is 3. The van der Waals surface area contributed by atoms with Crippen LogP contribution in [0.3, 0.4) is 0 Å². The first kappa shape index (κ1) is 9.13. The Balaban J connectivity index is 2.52. The monoisotopic (exact) mass is 165 g/mol. The van der Waals surface area contributed by atoms with Gasteiger partial charge in [-0.2, -0.15) is 10.2 Å². The highest BCUT2D eigenvalue weighted by atomic mass is 15.1. The average Bonchev–Trinajstić information content (AvgIpc) is 2.01. The predicted molar refractivity (Wildman–Crippen MR) is 48.7 cm³/mol. The van der Waals surface area contributed by atoms with Crippen LogP contribution < -0.4 is 5.32 Å². The topological polar surface area (TPSA) is 37.8 Å². The Morgan fingerprint density at radius 1 is 1.50 bits per heavy atom. The molecule has 3 nitrogen and oxygen atoms in total. The Morgan fingerprint density at radius 3 is 2.83 bits per heavy atom. The maximum Gasteiger partial charge on any atom is 0.0603 e. The molecule has 0 radical (unpaired) electrons. The molecule has 1 rings (SSSR count). The predicted octanol–water partition coefficient (Wildman–Crippen LogP) is 1.28. The van der Waals surface area contributed by atoms with Gasteiger partial charge in [-0.3, -0.25) is 0 Å². The third kappa shape index (κ3) is 2.96. The second kappa shape index (κ2) is 4.16. The maximum absolute atomic E-state index is 3.89. The molecule has 66 valence electrons. The minimum Gasteiger partial charge on any atom is -0.310 e. The molecule has 0 aliphatic carbocycles. The molecule has 0 saturated carbocycles. The average molecular weight is 165 g/mol. The van der Waals surface area contributed by atoms with E-state index in [0.717, 1.165) is 12.2 Å². The van der Waals surface area contributed by atoms with Crippen molar-refractivity contribution in [2.45, 2.75) is 33.4 Å². The molecule has 0 atom stereocenters. The van der Waals surface area contributed by atoms with Crippen LogP contribution in [0.2, 0.25) is 0 Å². The van der Waals surface area contributed by atoms with Crippen LogP contribution in [0.4, 0.5) is 0 Å². The molecule has 0 amide bonds. The Hall–Kier alpha value is -0.960. The summed E-state index contributed by atoms with van der Waals surface area (Å²) in [5.41, 5.74) is 2.16. The Morgan fingerprint density at radius 2 is 2.25 bits per heavy atom. The summed E-state index contributed by atoms with van der Waals surface area (Å²) in [7, 11) is 0. The molecule has 0 aliphatic heterocycles. The third-order valence-corrected chi connectivity index (χ3v) is 1.55. The summed E-state index contributed by atoms with van der Waals surface area (Å²) in [5.74, 6) is 0. The van der Waals surface area contributed by atoms with E-state index in [9.17, 15) is 0 Å². The standard InChI is InChI=1S/C9H15N3/c1-7(2)10-5-9-4-8(3)12-11-6-9/h4,6-7,10H,5H2,1-3H3. The van der Waals surface area contributed by atoms with Gasteiger partial charge in [-0.05, 0) is 18.6 Å². The number of nitrogens with zero attached hydrogens (tertiary/aromatic N) is 2. The molecule has 1 aromatic rings. The van der Waals surface area contributed by atoms with Crippen LogP contribution in [0.25, 0.3) is 0 Å². The van der Waals surface area contributed by atoms with Gasteiger partial charge in [0, 0.05) is 12.6 Å². The van der Waals surface area contributed by atoms with Crippen LogP contribution >= 0.6 is 0 Å². The minimum absolute atomic E-state index is 0.512. The molecular formula is C9H15N3. The summed E-state index contributed by atoms with van der Waals surface area (Å²) < 4.78 is 0. The third-order valence-electron chi connectivity index (χ3n) is 1.55. The fourth-order valence-corrected chi connectivity index (χ4v) is 0.947. The molecule has 0 saturated heterocycles. The highest BCUT2D eigenvalue weighted by molar-refractivity contribution is 5.10. The van der Waals surface area contributed by atoms with Crippen LogP contribution in [0.1, 0.15) is 25.1 Å². The molecule has 0 fully saturated rings. The molecular weight excluding hydrogens is 150 g/mol. The van der Waals surface area contributed by atoms with Crippen molar-refractivity contribution in [2.24, 2.45) is 0 Å². The molecule has 0 unspecified atom stereocenters. The highest BCUT2D eigenvalue weighted by Gasteiger charge is 1.95. The van der Waals surface area contributed by atoms with Gasteiger partial charge >= 0.3 is 0 Å². The lowest BCUT2D eigenvalue weighted by Gasteiger charge is -2.07. The maximum atomic E-state index is 3.89. The number of aromatic nitrogens is 2. The molecule has 1 aromatic heterocycles. The van der Waals surface area contributed by atoms with Gasteiger partial charge in [0.05, 0.1) is 11.9 Å². The van der Waals surface area contributed by atoms with E-state index in [1.54, 1.807) is 6.20 Å². The molecule has 1 heterocycles. The van der Waals surface area contributed by atoms with E-state index in [1.165, 1.54) is 5.56 Å². The Bertz CT molecular complexity index is 245. The first-order valence-corrected chi connectivity index (χ1v) is 4.20. The van der Waals surface area contributed by atoms with E-state index >= 15 is 0 Å².